The molecule has 0 fully saturated rings. The maximum absolute atomic E-state index is 4.94. The first-order chi connectivity index (χ1) is 17.3. The van der Waals surface area contributed by atoms with E-state index < -0.39 is 0 Å². The van der Waals surface area contributed by atoms with E-state index in [9.17, 15) is 0 Å². The van der Waals surface area contributed by atoms with Crippen molar-refractivity contribution in [1.29, 1.82) is 0 Å². The first-order valence-electron chi connectivity index (χ1n) is 11.4. The number of hydrogen-bond donors (Lipinski definition) is 0. The molecule has 0 unspecified atom stereocenters. The lowest BCUT2D eigenvalue weighted by atomic mass is 9.96. The van der Waals surface area contributed by atoms with Gasteiger partial charge >= 0.3 is 0 Å². The molecule has 0 aliphatic heterocycles. The van der Waals surface area contributed by atoms with Gasteiger partial charge in [0.2, 0.25) is 0 Å². The molecule has 1 heterocycles. The molecule has 3 nitrogen and oxygen atoms in total. The molecule has 6 aromatic rings. The van der Waals surface area contributed by atoms with Crippen molar-refractivity contribution in [1.82, 2.24) is 15.0 Å². The smallest absolute Gasteiger partial charge is 0.164 e. The standard InChI is InChI=1S/C31H20BrN3/c32-28-24-16-8-7-11-21(24)19-20-26(28)25-17-9-10-18-27(25)31-34-29(22-12-3-1-4-13-22)33-30(35-31)23-14-5-2-6-15-23/h1-20H. The Balaban J connectivity index is 1.58. The maximum Gasteiger partial charge on any atom is 0.164 e. The normalized spacial score (nSPS) is 11.0. The molecule has 0 radical (unpaired) electrons. The van der Waals surface area contributed by atoms with Crippen LogP contribution in [0.2, 0.25) is 0 Å². The summed E-state index contributed by atoms with van der Waals surface area (Å²) in [5.41, 5.74) is 5.03. The summed E-state index contributed by atoms with van der Waals surface area (Å²) in [7, 11) is 0. The Bertz CT molecular complexity index is 1590. The van der Waals surface area contributed by atoms with Gasteiger partial charge in [0.05, 0.1) is 0 Å². The molecule has 0 saturated carbocycles. The summed E-state index contributed by atoms with van der Waals surface area (Å²) in [6.07, 6.45) is 0. The molecule has 0 atom stereocenters. The molecule has 4 heteroatoms. The van der Waals surface area contributed by atoms with Gasteiger partial charge in [0.1, 0.15) is 0 Å². The molecule has 166 valence electrons. The van der Waals surface area contributed by atoms with Crippen molar-refractivity contribution in [3.63, 3.8) is 0 Å². The van der Waals surface area contributed by atoms with Crippen LogP contribution in [-0.2, 0) is 0 Å². The molecule has 5 aromatic carbocycles. The van der Waals surface area contributed by atoms with Gasteiger partial charge in [-0.1, -0.05) is 121 Å². The van der Waals surface area contributed by atoms with E-state index in [0.717, 1.165) is 32.3 Å². The van der Waals surface area contributed by atoms with E-state index in [1.807, 2.05) is 66.7 Å². The van der Waals surface area contributed by atoms with E-state index in [2.05, 4.69) is 70.5 Å². The fourth-order valence-electron chi connectivity index (χ4n) is 4.28. The molecule has 1 aromatic heterocycles. The first-order valence-corrected chi connectivity index (χ1v) is 12.2. The van der Waals surface area contributed by atoms with Crippen molar-refractivity contribution in [3.8, 4) is 45.3 Å². The summed E-state index contributed by atoms with van der Waals surface area (Å²) in [6, 6.07) is 41.1. The van der Waals surface area contributed by atoms with Crippen LogP contribution in [0.5, 0.6) is 0 Å². The Morgan fingerprint density at radius 2 is 0.914 bits per heavy atom. The highest BCUT2D eigenvalue weighted by molar-refractivity contribution is 9.10. The third kappa shape index (κ3) is 4.13. The largest absolute Gasteiger partial charge is 0.208 e. The fraction of sp³-hybridized carbons (Fsp3) is 0. The SMILES string of the molecule is Brc1c(-c2ccccc2-c2nc(-c3ccccc3)nc(-c3ccccc3)n2)ccc2ccccc12. The van der Waals surface area contributed by atoms with E-state index in [-0.39, 0.29) is 0 Å². The van der Waals surface area contributed by atoms with Crippen LogP contribution in [0.4, 0.5) is 0 Å². The molecule has 0 bridgehead atoms. The van der Waals surface area contributed by atoms with Crippen LogP contribution in [0.3, 0.4) is 0 Å². The predicted octanol–water partition coefficient (Wildman–Crippen LogP) is 8.46. The summed E-state index contributed by atoms with van der Waals surface area (Å²) in [6.45, 7) is 0. The highest BCUT2D eigenvalue weighted by Crippen LogP contribution is 2.39. The second-order valence-corrected chi connectivity index (χ2v) is 9.03. The Morgan fingerprint density at radius 1 is 0.400 bits per heavy atom. The molecule has 0 spiro atoms. The Hall–Kier alpha value is -4.15. The molecule has 6 rings (SSSR count). The van der Waals surface area contributed by atoms with Gasteiger partial charge in [-0.05, 0) is 37.8 Å². The van der Waals surface area contributed by atoms with Crippen LogP contribution in [-0.4, -0.2) is 15.0 Å². The maximum atomic E-state index is 4.94. The molecule has 0 aliphatic carbocycles. The van der Waals surface area contributed by atoms with Gasteiger partial charge in [0.25, 0.3) is 0 Å². The Morgan fingerprint density at radius 3 is 1.57 bits per heavy atom. The third-order valence-electron chi connectivity index (χ3n) is 6.02. The van der Waals surface area contributed by atoms with E-state index in [0.29, 0.717) is 17.5 Å². The van der Waals surface area contributed by atoms with Gasteiger partial charge in [-0.25, -0.2) is 15.0 Å². The van der Waals surface area contributed by atoms with Crippen LogP contribution >= 0.6 is 15.9 Å². The summed E-state index contributed by atoms with van der Waals surface area (Å²) in [5.74, 6) is 1.96. The minimum Gasteiger partial charge on any atom is -0.208 e. The zero-order chi connectivity index (χ0) is 23.6. The number of benzene rings is 5. The minimum atomic E-state index is 0.647. The van der Waals surface area contributed by atoms with E-state index in [1.165, 1.54) is 10.8 Å². The highest BCUT2D eigenvalue weighted by Gasteiger charge is 2.17. The summed E-state index contributed by atoms with van der Waals surface area (Å²) >= 11 is 3.87. The molecule has 0 N–H and O–H groups in total. The van der Waals surface area contributed by atoms with E-state index in [4.69, 9.17) is 15.0 Å². The average Bonchev–Trinajstić information content (AvgIpc) is 2.94. The zero-order valence-corrected chi connectivity index (χ0v) is 20.4. The lowest BCUT2D eigenvalue weighted by molar-refractivity contribution is 1.07. The lowest BCUT2D eigenvalue weighted by Gasteiger charge is -2.14. The number of nitrogens with zero attached hydrogens (tertiary/aromatic N) is 3. The van der Waals surface area contributed by atoms with Gasteiger partial charge in [0, 0.05) is 21.2 Å². The van der Waals surface area contributed by atoms with Gasteiger partial charge in [-0.15, -0.1) is 0 Å². The van der Waals surface area contributed by atoms with Crippen LogP contribution in [0, 0.1) is 0 Å². The van der Waals surface area contributed by atoms with Crippen molar-refractivity contribution in [2.75, 3.05) is 0 Å². The fourth-order valence-corrected chi connectivity index (χ4v) is 4.99. The molecule has 35 heavy (non-hydrogen) atoms. The third-order valence-corrected chi connectivity index (χ3v) is 6.88. The number of fused-ring (bicyclic) bond motifs is 1. The quantitative estimate of drug-likeness (QED) is 0.237. The van der Waals surface area contributed by atoms with E-state index >= 15 is 0 Å². The molecule has 0 saturated heterocycles. The summed E-state index contributed by atoms with van der Waals surface area (Å²) in [5, 5.41) is 2.36. The monoisotopic (exact) mass is 513 g/mol. The second kappa shape index (κ2) is 9.24. The molecule has 0 aliphatic rings. The first kappa shape index (κ1) is 21.4. The number of halogens is 1. The van der Waals surface area contributed by atoms with Crippen molar-refractivity contribution in [2.24, 2.45) is 0 Å². The average molecular weight is 514 g/mol. The number of hydrogen-bond acceptors (Lipinski definition) is 3. The summed E-state index contributed by atoms with van der Waals surface area (Å²) < 4.78 is 1.06. The van der Waals surface area contributed by atoms with Crippen LogP contribution in [0.15, 0.2) is 126 Å². The Kier molecular flexibility index (Phi) is 5.65. The highest BCUT2D eigenvalue weighted by atomic mass is 79.9. The van der Waals surface area contributed by atoms with Crippen molar-refractivity contribution in [2.45, 2.75) is 0 Å². The van der Waals surface area contributed by atoms with Gasteiger partial charge in [-0.3, -0.25) is 0 Å². The molecular weight excluding hydrogens is 494 g/mol. The van der Waals surface area contributed by atoms with Crippen LogP contribution < -0.4 is 0 Å². The Labute approximate surface area is 212 Å². The molecule has 0 amide bonds. The van der Waals surface area contributed by atoms with Crippen LogP contribution in [0.25, 0.3) is 56.1 Å². The van der Waals surface area contributed by atoms with Gasteiger partial charge in [-0.2, -0.15) is 0 Å². The van der Waals surface area contributed by atoms with E-state index in [1.54, 1.807) is 0 Å². The second-order valence-electron chi connectivity index (χ2n) is 8.23. The van der Waals surface area contributed by atoms with Gasteiger partial charge < -0.3 is 0 Å². The predicted molar refractivity (Wildman–Crippen MR) is 147 cm³/mol. The molecular formula is C31H20BrN3. The number of rotatable bonds is 4. The topological polar surface area (TPSA) is 38.7 Å². The lowest BCUT2D eigenvalue weighted by Crippen LogP contribution is -2.01. The van der Waals surface area contributed by atoms with Crippen molar-refractivity contribution >= 4 is 26.7 Å². The summed E-state index contributed by atoms with van der Waals surface area (Å²) in [4.78, 5) is 14.7. The van der Waals surface area contributed by atoms with Crippen molar-refractivity contribution < 1.29 is 0 Å². The van der Waals surface area contributed by atoms with Crippen LogP contribution in [0.1, 0.15) is 0 Å². The number of aromatic nitrogens is 3. The minimum absolute atomic E-state index is 0.647. The van der Waals surface area contributed by atoms with Gasteiger partial charge in [0.15, 0.2) is 17.5 Å². The zero-order valence-electron chi connectivity index (χ0n) is 18.8. The van der Waals surface area contributed by atoms with Crippen molar-refractivity contribution in [3.05, 3.63) is 126 Å².